The second-order valence-corrected chi connectivity index (χ2v) is 8.91. The molecule has 3 fully saturated rings. The molecule has 0 aromatic carbocycles. The maximum atomic E-state index is 13.4. The maximum Gasteiger partial charge on any atom is 0.402 e. The van der Waals surface area contributed by atoms with Gasteiger partial charge < -0.3 is 9.47 Å². The normalized spacial score (nSPS) is 33.1. The molecule has 2 bridgehead atoms. The summed E-state index contributed by atoms with van der Waals surface area (Å²) < 4.78 is 66.4. The molecule has 6 atom stereocenters. The van der Waals surface area contributed by atoms with Gasteiger partial charge in [0.15, 0.2) is 6.61 Å². The first-order chi connectivity index (χ1) is 13.3. The highest BCUT2D eigenvalue weighted by Crippen LogP contribution is 2.60. The summed E-state index contributed by atoms with van der Waals surface area (Å²) >= 11 is 0. The first-order valence-corrected chi connectivity index (χ1v) is 10.3. The summed E-state index contributed by atoms with van der Waals surface area (Å²) in [6, 6.07) is -0.742. The molecule has 1 N–H and O–H groups in total. The summed E-state index contributed by atoms with van der Waals surface area (Å²) in [4.78, 5) is 49.9. The zero-order valence-corrected chi connectivity index (χ0v) is 16.2. The van der Waals surface area contributed by atoms with Gasteiger partial charge in [-0.25, -0.2) is 0 Å². The first kappa shape index (κ1) is 21.6. The highest BCUT2D eigenvalue weighted by atomic mass is 32.2. The quantitative estimate of drug-likeness (QED) is 0.445. The third-order valence-corrected chi connectivity index (χ3v) is 6.67. The van der Waals surface area contributed by atoms with Crippen LogP contribution in [0, 0.1) is 23.7 Å². The molecule has 6 unspecified atom stereocenters. The number of amides is 2. The smallest absolute Gasteiger partial charge is 0.402 e. The first-order valence-electron chi connectivity index (χ1n) is 8.86. The monoisotopic (exact) mass is 439 g/mol. The van der Waals surface area contributed by atoms with Crippen molar-refractivity contribution in [3.63, 3.8) is 0 Å². The SMILES string of the molecule is CCC(=O)OC1C2CC3C(C(=O)N(C(C)=O)C31)C2C(=O)OCC(F)(F)S(=O)(=O)O. The zero-order valence-electron chi connectivity index (χ0n) is 15.4. The van der Waals surface area contributed by atoms with Crippen molar-refractivity contribution in [1.29, 1.82) is 0 Å². The van der Waals surface area contributed by atoms with E-state index in [9.17, 15) is 36.4 Å². The Labute approximate surface area is 164 Å². The third kappa shape index (κ3) is 3.29. The number of carbonyl (C=O) groups is 4. The Morgan fingerprint density at radius 3 is 2.41 bits per heavy atom. The highest BCUT2D eigenvalue weighted by Gasteiger charge is 2.71. The van der Waals surface area contributed by atoms with Crippen LogP contribution in [0.4, 0.5) is 8.78 Å². The Morgan fingerprint density at radius 2 is 1.90 bits per heavy atom. The predicted octanol–water partition coefficient (Wildman–Crippen LogP) is -0.0286. The number of hydrogen-bond donors (Lipinski definition) is 1. The van der Waals surface area contributed by atoms with Crippen molar-refractivity contribution in [2.24, 2.45) is 23.7 Å². The third-order valence-electron chi connectivity index (χ3n) is 5.80. The summed E-state index contributed by atoms with van der Waals surface area (Å²) in [6.45, 7) is 0.747. The van der Waals surface area contributed by atoms with E-state index < -0.39 is 81.5 Å². The van der Waals surface area contributed by atoms with Crippen molar-refractivity contribution in [3.05, 3.63) is 0 Å². The molecule has 0 spiro atoms. The Morgan fingerprint density at radius 1 is 1.28 bits per heavy atom. The van der Waals surface area contributed by atoms with Crippen LogP contribution in [0.5, 0.6) is 0 Å². The lowest BCUT2D eigenvalue weighted by Gasteiger charge is -2.33. The number of alkyl halides is 2. The molecule has 3 aliphatic rings. The van der Waals surface area contributed by atoms with Crippen molar-refractivity contribution in [2.75, 3.05) is 6.61 Å². The van der Waals surface area contributed by atoms with Crippen LogP contribution in [0.15, 0.2) is 0 Å². The van der Waals surface area contributed by atoms with Crippen LogP contribution in [-0.4, -0.2) is 65.6 Å². The van der Waals surface area contributed by atoms with Gasteiger partial charge in [0, 0.05) is 19.3 Å². The predicted molar refractivity (Wildman–Crippen MR) is 87.5 cm³/mol. The van der Waals surface area contributed by atoms with Crippen molar-refractivity contribution in [2.45, 2.75) is 44.1 Å². The van der Waals surface area contributed by atoms with Gasteiger partial charge in [-0.1, -0.05) is 6.92 Å². The molecule has 1 heterocycles. The summed E-state index contributed by atoms with van der Waals surface area (Å²) in [7, 11) is -5.80. The summed E-state index contributed by atoms with van der Waals surface area (Å²) in [5, 5.41) is -4.72. The van der Waals surface area contributed by atoms with Gasteiger partial charge in [0.05, 0.1) is 17.9 Å². The molecule has 2 aliphatic carbocycles. The molecule has 10 nitrogen and oxygen atoms in total. The van der Waals surface area contributed by atoms with Crippen molar-refractivity contribution < 1.29 is 50.4 Å². The fourth-order valence-corrected chi connectivity index (χ4v) is 4.92. The fourth-order valence-electron chi connectivity index (χ4n) is 4.71. The van der Waals surface area contributed by atoms with Crippen LogP contribution in [-0.2, 0) is 38.8 Å². The maximum absolute atomic E-state index is 13.4. The zero-order chi connectivity index (χ0) is 21.9. The molecule has 1 saturated heterocycles. The lowest BCUT2D eigenvalue weighted by molar-refractivity contribution is -0.166. The molecule has 3 rings (SSSR count). The van der Waals surface area contributed by atoms with Crippen molar-refractivity contribution >= 4 is 33.9 Å². The number of imide groups is 1. The number of rotatable bonds is 6. The van der Waals surface area contributed by atoms with Crippen LogP contribution in [0.2, 0.25) is 0 Å². The lowest BCUT2D eigenvalue weighted by atomic mass is 9.78. The molecular weight excluding hydrogens is 420 g/mol. The van der Waals surface area contributed by atoms with Crippen LogP contribution >= 0.6 is 0 Å². The second-order valence-electron chi connectivity index (χ2n) is 7.36. The number of halogens is 2. The lowest BCUT2D eigenvalue weighted by Crippen LogP contribution is -2.48. The highest BCUT2D eigenvalue weighted by molar-refractivity contribution is 7.86. The van der Waals surface area contributed by atoms with E-state index in [0.717, 1.165) is 11.8 Å². The van der Waals surface area contributed by atoms with Gasteiger partial charge in [-0.2, -0.15) is 17.2 Å². The molecule has 0 radical (unpaired) electrons. The van der Waals surface area contributed by atoms with Gasteiger partial charge in [-0.15, -0.1) is 0 Å². The van der Waals surface area contributed by atoms with Crippen LogP contribution in [0.1, 0.15) is 26.7 Å². The van der Waals surface area contributed by atoms with E-state index in [1.54, 1.807) is 0 Å². The second kappa shape index (κ2) is 6.97. The molecule has 13 heteroatoms. The molecule has 2 saturated carbocycles. The van der Waals surface area contributed by atoms with E-state index in [4.69, 9.17) is 9.29 Å². The van der Waals surface area contributed by atoms with E-state index in [0.29, 0.717) is 0 Å². The Hall–Kier alpha value is -2.15. The number of hydrogen-bond acceptors (Lipinski definition) is 8. The number of likely N-dealkylation sites (tertiary alicyclic amines) is 1. The van der Waals surface area contributed by atoms with Crippen molar-refractivity contribution in [1.82, 2.24) is 4.90 Å². The molecule has 0 aromatic heterocycles. The topological polar surface area (TPSA) is 144 Å². The number of fused-ring (bicyclic) bond motifs is 1. The average Bonchev–Trinajstić information content (AvgIpc) is 3.21. The van der Waals surface area contributed by atoms with Crippen LogP contribution in [0.3, 0.4) is 0 Å². The van der Waals surface area contributed by atoms with Gasteiger partial charge in [0.2, 0.25) is 11.8 Å². The summed E-state index contributed by atoms with van der Waals surface area (Å²) in [5.41, 5.74) is 0. The van der Waals surface area contributed by atoms with Gasteiger partial charge in [0.1, 0.15) is 6.10 Å². The summed E-state index contributed by atoms with van der Waals surface area (Å²) in [5.74, 6) is -6.73. The molecule has 29 heavy (non-hydrogen) atoms. The Bertz CT molecular complexity index is 874. The number of carbonyl (C=O) groups excluding carboxylic acids is 4. The minimum Gasteiger partial charge on any atom is -0.460 e. The van der Waals surface area contributed by atoms with E-state index in [-0.39, 0.29) is 12.8 Å². The van der Waals surface area contributed by atoms with Gasteiger partial charge in [-0.3, -0.25) is 28.6 Å². The van der Waals surface area contributed by atoms with Gasteiger partial charge >= 0.3 is 27.3 Å². The average molecular weight is 439 g/mol. The van der Waals surface area contributed by atoms with E-state index in [1.165, 1.54) is 6.92 Å². The van der Waals surface area contributed by atoms with E-state index in [2.05, 4.69) is 4.74 Å². The Kier molecular flexibility index (Phi) is 5.18. The van der Waals surface area contributed by atoms with Crippen LogP contribution in [0.25, 0.3) is 0 Å². The van der Waals surface area contributed by atoms with E-state index in [1.807, 2.05) is 0 Å². The minimum absolute atomic E-state index is 0.00769. The molecule has 2 amide bonds. The largest absolute Gasteiger partial charge is 0.460 e. The number of esters is 2. The standard InChI is InChI=1S/C16H19F2NO9S/c1-3-9(21)28-13-8-4-7-10(14(22)19(6(2)20)12(7)13)11(8)15(23)27-5-16(17,18)29(24,25)26/h7-8,10-13H,3-5H2,1-2H3,(H,24,25,26). The number of nitrogens with zero attached hydrogens (tertiary/aromatic N) is 1. The molecule has 0 aromatic rings. The fraction of sp³-hybridized carbons (Fsp3) is 0.750. The van der Waals surface area contributed by atoms with E-state index >= 15 is 0 Å². The number of ether oxygens (including phenoxy) is 2. The minimum atomic E-state index is -5.80. The Balaban J connectivity index is 1.87. The van der Waals surface area contributed by atoms with Gasteiger partial charge in [0.25, 0.3) is 0 Å². The molecule has 162 valence electrons. The molecule has 1 aliphatic heterocycles. The molecular formula is C16H19F2NO9S. The van der Waals surface area contributed by atoms with Crippen LogP contribution < -0.4 is 0 Å². The summed E-state index contributed by atoms with van der Waals surface area (Å²) in [6.07, 6.45) is -0.743. The van der Waals surface area contributed by atoms with Crippen molar-refractivity contribution in [3.8, 4) is 0 Å². The van der Waals surface area contributed by atoms with Gasteiger partial charge in [-0.05, 0) is 12.3 Å².